The van der Waals surface area contributed by atoms with Crippen LogP contribution in [0, 0.1) is 0 Å². The maximum atomic E-state index is 5.01. The van der Waals surface area contributed by atoms with Gasteiger partial charge in [0.1, 0.15) is 0 Å². The highest BCUT2D eigenvalue weighted by Gasteiger charge is 2.11. The maximum absolute atomic E-state index is 5.01. The lowest BCUT2D eigenvalue weighted by atomic mass is 10.1. The Balaban J connectivity index is 2.18. The molecule has 1 heterocycles. The van der Waals surface area contributed by atoms with Crippen molar-refractivity contribution in [2.75, 3.05) is 19.5 Å². The second-order valence-corrected chi connectivity index (χ2v) is 4.97. The van der Waals surface area contributed by atoms with Crippen molar-refractivity contribution in [3.8, 4) is 12.0 Å². The van der Waals surface area contributed by atoms with Crippen LogP contribution in [0.3, 0.4) is 0 Å². The SMILES string of the molecule is COc1nc(NC(C)c2ccc(Br)cc2)nc(OC)n1. The van der Waals surface area contributed by atoms with Gasteiger partial charge in [-0.25, -0.2) is 0 Å². The summed E-state index contributed by atoms with van der Waals surface area (Å²) in [7, 11) is 2.99. The lowest BCUT2D eigenvalue weighted by Crippen LogP contribution is -2.11. The zero-order chi connectivity index (χ0) is 14.5. The molecule has 0 aliphatic rings. The van der Waals surface area contributed by atoms with Gasteiger partial charge in [-0.15, -0.1) is 4.98 Å². The van der Waals surface area contributed by atoms with Gasteiger partial charge in [-0.05, 0) is 24.6 Å². The summed E-state index contributed by atoms with van der Waals surface area (Å²) in [5.41, 5.74) is 1.12. The zero-order valence-corrected chi connectivity index (χ0v) is 13.0. The van der Waals surface area contributed by atoms with E-state index < -0.39 is 0 Å². The van der Waals surface area contributed by atoms with Gasteiger partial charge in [0.15, 0.2) is 0 Å². The number of rotatable bonds is 5. The van der Waals surface area contributed by atoms with E-state index in [1.54, 1.807) is 0 Å². The van der Waals surface area contributed by atoms with E-state index >= 15 is 0 Å². The Morgan fingerprint density at radius 1 is 1.00 bits per heavy atom. The standard InChI is InChI=1S/C13H15BrN4O2/c1-8(9-4-6-10(14)7-5-9)15-11-16-12(19-2)18-13(17-11)20-3/h4-8H,1-3H3,(H,15,16,17,18). The number of ether oxygens (including phenoxy) is 2. The topological polar surface area (TPSA) is 69.2 Å². The molecule has 1 N–H and O–H groups in total. The molecule has 0 fully saturated rings. The first-order valence-electron chi connectivity index (χ1n) is 5.98. The van der Waals surface area contributed by atoms with Crippen LogP contribution < -0.4 is 14.8 Å². The quantitative estimate of drug-likeness (QED) is 0.903. The molecule has 1 aromatic carbocycles. The predicted octanol–water partition coefficient (Wildman–Crippen LogP) is 2.82. The Labute approximate surface area is 125 Å². The number of hydrogen-bond donors (Lipinski definition) is 1. The van der Waals surface area contributed by atoms with Crippen LogP contribution in [0.5, 0.6) is 12.0 Å². The number of nitrogens with zero attached hydrogens (tertiary/aromatic N) is 3. The van der Waals surface area contributed by atoms with Gasteiger partial charge in [-0.3, -0.25) is 0 Å². The Morgan fingerprint density at radius 3 is 2.05 bits per heavy atom. The van der Waals surface area contributed by atoms with E-state index in [1.165, 1.54) is 14.2 Å². The van der Waals surface area contributed by atoms with Gasteiger partial charge in [0, 0.05) is 4.47 Å². The highest BCUT2D eigenvalue weighted by atomic mass is 79.9. The van der Waals surface area contributed by atoms with Crippen molar-refractivity contribution in [2.45, 2.75) is 13.0 Å². The van der Waals surface area contributed by atoms with E-state index in [-0.39, 0.29) is 18.1 Å². The van der Waals surface area contributed by atoms with E-state index in [0.29, 0.717) is 5.95 Å². The highest BCUT2D eigenvalue weighted by Crippen LogP contribution is 2.21. The molecule has 2 aromatic rings. The molecule has 106 valence electrons. The molecule has 0 bridgehead atoms. The molecule has 7 heteroatoms. The molecular weight excluding hydrogens is 324 g/mol. The molecule has 0 radical (unpaired) electrons. The van der Waals surface area contributed by atoms with E-state index in [0.717, 1.165) is 10.0 Å². The summed E-state index contributed by atoms with van der Waals surface area (Å²) in [6.07, 6.45) is 0. The Hall–Kier alpha value is -1.89. The summed E-state index contributed by atoms with van der Waals surface area (Å²) in [5, 5.41) is 3.19. The summed E-state index contributed by atoms with van der Waals surface area (Å²) >= 11 is 3.41. The van der Waals surface area contributed by atoms with Gasteiger partial charge in [0.05, 0.1) is 20.3 Å². The monoisotopic (exact) mass is 338 g/mol. The van der Waals surface area contributed by atoms with Crippen LogP contribution in [-0.2, 0) is 0 Å². The summed E-state index contributed by atoms with van der Waals surface area (Å²) in [4.78, 5) is 12.2. The van der Waals surface area contributed by atoms with Gasteiger partial charge < -0.3 is 14.8 Å². The lowest BCUT2D eigenvalue weighted by molar-refractivity contribution is 0.341. The lowest BCUT2D eigenvalue weighted by Gasteiger charge is -2.14. The van der Waals surface area contributed by atoms with Gasteiger partial charge in [-0.2, -0.15) is 9.97 Å². The van der Waals surface area contributed by atoms with Crippen molar-refractivity contribution in [1.82, 2.24) is 15.0 Å². The third-order valence-corrected chi connectivity index (χ3v) is 3.20. The molecule has 0 aliphatic carbocycles. The first-order chi connectivity index (χ1) is 9.62. The van der Waals surface area contributed by atoms with Crippen molar-refractivity contribution in [1.29, 1.82) is 0 Å². The minimum absolute atomic E-state index is 0.0416. The van der Waals surface area contributed by atoms with Gasteiger partial charge in [0.25, 0.3) is 0 Å². The molecule has 0 aliphatic heterocycles. The molecule has 0 saturated heterocycles. The molecule has 1 aromatic heterocycles. The highest BCUT2D eigenvalue weighted by molar-refractivity contribution is 9.10. The second-order valence-electron chi connectivity index (χ2n) is 4.05. The first kappa shape index (κ1) is 14.5. The molecular formula is C13H15BrN4O2. The van der Waals surface area contributed by atoms with Gasteiger partial charge in [0.2, 0.25) is 5.95 Å². The van der Waals surface area contributed by atoms with Crippen molar-refractivity contribution in [2.24, 2.45) is 0 Å². The van der Waals surface area contributed by atoms with Gasteiger partial charge in [-0.1, -0.05) is 28.1 Å². The second kappa shape index (κ2) is 6.51. The fourth-order valence-electron chi connectivity index (χ4n) is 1.61. The average Bonchev–Trinajstić information content (AvgIpc) is 2.47. The van der Waals surface area contributed by atoms with Gasteiger partial charge >= 0.3 is 12.0 Å². The fraction of sp³-hybridized carbons (Fsp3) is 0.308. The molecule has 0 amide bonds. The van der Waals surface area contributed by atoms with E-state index in [9.17, 15) is 0 Å². The minimum Gasteiger partial charge on any atom is -0.467 e. The number of hydrogen-bond acceptors (Lipinski definition) is 6. The van der Waals surface area contributed by atoms with Crippen LogP contribution in [0.4, 0.5) is 5.95 Å². The van der Waals surface area contributed by atoms with Crippen LogP contribution in [0.1, 0.15) is 18.5 Å². The molecule has 2 rings (SSSR count). The van der Waals surface area contributed by atoms with E-state index in [1.807, 2.05) is 31.2 Å². The van der Waals surface area contributed by atoms with Crippen molar-refractivity contribution in [3.63, 3.8) is 0 Å². The number of nitrogens with one attached hydrogen (secondary N) is 1. The van der Waals surface area contributed by atoms with Crippen LogP contribution >= 0.6 is 15.9 Å². The molecule has 0 saturated carbocycles. The van der Waals surface area contributed by atoms with Crippen molar-refractivity contribution in [3.05, 3.63) is 34.3 Å². The molecule has 6 nitrogen and oxygen atoms in total. The van der Waals surface area contributed by atoms with Crippen molar-refractivity contribution >= 4 is 21.9 Å². The fourth-order valence-corrected chi connectivity index (χ4v) is 1.88. The zero-order valence-electron chi connectivity index (χ0n) is 11.4. The van der Waals surface area contributed by atoms with Crippen molar-refractivity contribution < 1.29 is 9.47 Å². The summed E-state index contributed by atoms with van der Waals surface area (Å²) in [6.45, 7) is 2.02. The maximum Gasteiger partial charge on any atom is 0.324 e. The number of halogens is 1. The third-order valence-electron chi connectivity index (χ3n) is 2.68. The van der Waals surface area contributed by atoms with Crippen LogP contribution in [0.2, 0.25) is 0 Å². The largest absolute Gasteiger partial charge is 0.467 e. The Morgan fingerprint density at radius 2 is 1.55 bits per heavy atom. The number of methoxy groups -OCH3 is 2. The summed E-state index contributed by atoms with van der Waals surface area (Å²) < 4.78 is 11.1. The summed E-state index contributed by atoms with van der Waals surface area (Å²) in [6, 6.07) is 8.49. The first-order valence-corrected chi connectivity index (χ1v) is 6.77. The summed E-state index contributed by atoms with van der Waals surface area (Å²) in [5.74, 6) is 0.407. The average molecular weight is 339 g/mol. The van der Waals surface area contributed by atoms with E-state index in [2.05, 4.69) is 36.2 Å². The number of aromatic nitrogens is 3. The van der Waals surface area contributed by atoms with Crippen LogP contribution in [0.25, 0.3) is 0 Å². The minimum atomic E-state index is 0.0416. The molecule has 0 spiro atoms. The smallest absolute Gasteiger partial charge is 0.324 e. The third kappa shape index (κ3) is 3.57. The normalized spacial score (nSPS) is 11.8. The predicted molar refractivity (Wildman–Crippen MR) is 79.1 cm³/mol. The Bertz CT molecular complexity index is 555. The van der Waals surface area contributed by atoms with E-state index in [4.69, 9.17) is 9.47 Å². The van der Waals surface area contributed by atoms with Crippen LogP contribution in [-0.4, -0.2) is 29.2 Å². The number of anilines is 1. The molecule has 1 atom stereocenters. The Kier molecular flexibility index (Phi) is 4.73. The molecule has 1 unspecified atom stereocenters. The molecule has 20 heavy (non-hydrogen) atoms. The number of benzene rings is 1. The van der Waals surface area contributed by atoms with Crippen LogP contribution in [0.15, 0.2) is 28.7 Å².